The van der Waals surface area contributed by atoms with Gasteiger partial charge in [-0.1, -0.05) is 19.1 Å². The van der Waals surface area contributed by atoms with Crippen LogP contribution in [-0.2, 0) is 5.60 Å². The summed E-state index contributed by atoms with van der Waals surface area (Å²) in [6, 6.07) is 9.11. The maximum atomic E-state index is 10.4. The molecule has 0 aliphatic carbocycles. The molecule has 2 unspecified atom stereocenters. The minimum atomic E-state index is -0.969. The van der Waals surface area contributed by atoms with Crippen LogP contribution in [0.25, 0.3) is 0 Å². The predicted octanol–water partition coefficient (Wildman–Crippen LogP) is 1.76. The summed E-state index contributed by atoms with van der Waals surface area (Å²) in [6.45, 7) is 6.49. The highest BCUT2D eigenvalue weighted by Gasteiger charge is 2.29. The van der Waals surface area contributed by atoms with E-state index in [9.17, 15) is 5.11 Å². The largest absolute Gasteiger partial charge is 0.384 e. The zero-order chi connectivity index (χ0) is 12.2. The average molecular weight is 218 g/mol. The Morgan fingerprint density at radius 2 is 2.25 bits per heavy atom. The van der Waals surface area contributed by atoms with Crippen LogP contribution in [0.15, 0.2) is 24.3 Å². The minimum Gasteiger partial charge on any atom is -0.384 e. The number of nitrogens with zero attached hydrogens (tertiary/aromatic N) is 1. The Hall–Kier alpha value is -1.37. The molecule has 0 saturated heterocycles. The molecule has 86 valence electrons. The molecule has 0 bridgehead atoms. The van der Waals surface area contributed by atoms with Gasteiger partial charge < -0.3 is 10.4 Å². The molecule has 2 N–H and O–H groups in total. The highest BCUT2D eigenvalue weighted by molar-refractivity contribution is 5.35. The first-order chi connectivity index (χ1) is 7.52. The highest BCUT2D eigenvalue weighted by atomic mass is 16.3. The van der Waals surface area contributed by atoms with E-state index in [4.69, 9.17) is 5.26 Å². The lowest BCUT2D eigenvalue weighted by molar-refractivity contribution is 0.0221. The van der Waals surface area contributed by atoms with Crippen molar-refractivity contribution in [2.45, 2.75) is 32.4 Å². The van der Waals surface area contributed by atoms with Crippen LogP contribution in [0.2, 0.25) is 0 Å². The molecule has 2 atom stereocenters. The van der Waals surface area contributed by atoms with Gasteiger partial charge in [-0.2, -0.15) is 5.26 Å². The molecule has 1 aromatic carbocycles. The first-order valence-electron chi connectivity index (χ1n) is 5.48. The van der Waals surface area contributed by atoms with Crippen molar-refractivity contribution >= 4 is 0 Å². The smallest absolute Gasteiger partial charge is 0.102 e. The summed E-state index contributed by atoms with van der Waals surface area (Å²) < 4.78 is 0. The van der Waals surface area contributed by atoms with Gasteiger partial charge in [0.15, 0.2) is 0 Å². The third-order valence-corrected chi connectivity index (χ3v) is 2.93. The second-order valence-corrected chi connectivity index (χ2v) is 4.12. The van der Waals surface area contributed by atoms with Crippen molar-refractivity contribution in [2.24, 2.45) is 0 Å². The zero-order valence-corrected chi connectivity index (χ0v) is 9.99. The molecular formula is C13H18N2O. The van der Waals surface area contributed by atoms with E-state index in [1.807, 2.05) is 19.9 Å². The van der Waals surface area contributed by atoms with Gasteiger partial charge in [0.1, 0.15) is 5.60 Å². The first kappa shape index (κ1) is 12.7. The molecule has 1 rings (SSSR count). The van der Waals surface area contributed by atoms with Gasteiger partial charge in [0, 0.05) is 6.04 Å². The van der Waals surface area contributed by atoms with Crippen molar-refractivity contribution in [2.75, 3.05) is 6.54 Å². The number of aliphatic hydroxyl groups is 1. The van der Waals surface area contributed by atoms with Crippen LogP contribution in [0.3, 0.4) is 0 Å². The van der Waals surface area contributed by atoms with Gasteiger partial charge in [-0.05, 0) is 38.1 Å². The van der Waals surface area contributed by atoms with Crippen LogP contribution in [0.5, 0.6) is 0 Å². The molecule has 0 heterocycles. The van der Waals surface area contributed by atoms with E-state index in [0.717, 1.165) is 12.1 Å². The highest BCUT2D eigenvalue weighted by Crippen LogP contribution is 2.25. The van der Waals surface area contributed by atoms with Gasteiger partial charge in [0.2, 0.25) is 0 Å². The number of nitriles is 1. The molecule has 0 radical (unpaired) electrons. The second kappa shape index (κ2) is 5.11. The van der Waals surface area contributed by atoms with Crippen molar-refractivity contribution in [1.82, 2.24) is 5.32 Å². The number of benzene rings is 1. The molecule has 0 fully saturated rings. The molecule has 1 aromatic rings. The second-order valence-electron chi connectivity index (χ2n) is 4.12. The van der Waals surface area contributed by atoms with Crippen LogP contribution in [0.1, 0.15) is 31.9 Å². The lowest BCUT2D eigenvalue weighted by atomic mass is 9.88. The molecule has 3 nitrogen and oxygen atoms in total. The lowest BCUT2D eigenvalue weighted by Crippen LogP contribution is -2.44. The van der Waals surface area contributed by atoms with E-state index in [1.165, 1.54) is 0 Å². The monoisotopic (exact) mass is 218 g/mol. The molecule has 0 aliphatic heterocycles. The van der Waals surface area contributed by atoms with Crippen molar-refractivity contribution < 1.29 is 5.11 Å². The standard InChI is InChI=1S/C13H18N2O/c1-4-15-10(2)13(3,16)12-7-5-6-11(8-12)9-14/h5-8,10,15-16H,4H2,1-3H3. The molecule has 0 amide bonds. The fourth-order valence-electron chi connectivity index (χ4n) is 1.66. The van der Waals surface area contributed by atoms with Crippen molar-refractivity contribution in [3.8, 4) is 6.07 Å². The number of likely N-dealkylation sites (N-methyl/N-ethyl adjacent to an activating group) is 1. The SMILES string of the molecule is CCNC(C)C(C)(O)c1cccc(C#N)c1. The molecule has 0 aliphatic rings. The molecular weight excluding hydrogens is 200 g/mol. The van der Waals surface area contributed by atoms with Gasteiger partial charge in [-0.25, -0.2) is 0 Å². The third kappa shape index (κ3) is 2.60. The predicted molar refractivity (Wildman–Crippen MR) is 63.9 cm³/mol. The van der Waals surface area contributed by atoms with Gasteiger partial charge in [0.05, 0.1) is 11.6 Å². The molecule has 0 spiro atoms. The van der Waals surface area contributed by atoms with E-state index in [1.54, 1.807) is 25.1 Å². The normalized spacial score (nSPS) is 16.2. The minimum absolute atomic E-state index is 0.0635. The quantitative estimate of drug-likeness (QED) is 0.809. The zero-order valence-electron chi connectivity index (χ0n) is 9.99. The van der Waals surface area contributed by atoms with Crippen LogP contribution >= 0.6 is 0 Å². The number of rotatable bonds is 4. The summed E-state index contributed by atoms with van der Waals surface area (Å²) in [5.74, 6) is 0. The van der Waals surface area contributed by atoms with E-state index >= 15 is 0 Å². The molecule has 3 heteroatoms. The number of hydrogen-bond acceptors (Lipinski definition) is 3. The van der Waals surface area contributed by atoms with Gasteiger partial charge in [-0.15, -0.1) is 0 Å². The summed E-state index contributed by atoms with van der Waals surface area (Å²) in [6.07, 6.45) is 0. The summed E-state index contributed by atoms with van der Waals surface area (Å²) in [5, 5.41) is 22.4. The summed E-state index contributed by atoms with van der Waals surface area (Å²) in [4.78, 5) is 0. The van der Waals surface area contributed by atoms with E-state index in [2.05, 4.69) is 11.4 Å². The van der Waals surface area contributed by atoms with Crippen molar-refractivity contribution in [1.29, 1.82) is 5.26 Å². The fourth-order valence-corrected chi connectivity index (χ4v) is 1.66. The van der Waals surface area contributed by atoms with E-state index in [-0.39, 0.29) is 6.04 Å². The molecule has 16 heavy (non-hydrogen) atoms. The topological polar surface area (TPSA) is 56.0 Å². The van der Waals surface area contributed by atoms with Crippen molar-refractivity contribution in [3.63, 3.8) is 0 Å². The van der Waals surface area contributed by atoms with Crippen LogP contribution in [0, 0.1) is 11.3 Å². The van der Waals surface area contributed by atoms with Gasteiger partial charge >= 0.3 is 0 Å². The average Bonchev–Trinajstić information content (AvgIpc) is 2.29. The Labute approximate surface area is 96.7 Å². The Balaban J connectivity index is 3.02. The Morgan fingerprint density at radius 3 is 2.81 bits per heavy atom. The van der Waals surface area contributed by atoms with E-state index < -0.39 is 5.60 Å². The maximum absolute atomic E-state index is 10.4. The number of hydrogen-bond donors (Lipinski definition) is 2. The van der Waals surface area contributed by atoms with Crippen LogP contribution in [0.4, 0.5) is 0 Å². The maximum Gasteiger partial charge on any atom is 0.102 e. The van der Waals surface area contributed by atoms with Gasteiger partial charge in [-0.3, -0.25) is 0 Å². The van der Waals surface area contributed by atoms with Crippen LogP contribution in [-0.4, -0.2) is 17.7 Å². The molecule has 0 saturated carbocycles. The lowest BCUT2D eigenvalue weighted by Gasteiger charge is -2.31. The van der Waals surface area contributed by atoms with Crippen molar-refractivity contribution in [3.05, 3.63) is 35.4 Å². The van der Waals surface area contributed by atoms with Crippen LogP contribution < -0.4 is 5.32 Å². The summed E-state index contributed by atoms with van der Waals surface area (Å²) in [5.41, 5.74) is 0.365. The molecule has 0 aromatic heterocycles. The third-order valence-electron chi connectivity index (χ3n) is 2.93. The Morgan fingerprint density at radius 1 is 1.56 bits per heavy atom. The Kier molecular flexibility index (Phi) is 4.05. The summed E-state index contributed by atoms with van der Waals surface area (Å²) in [7, 11) is 0. The van der Waals surface area contributed by atoms with E-state index in [0.29, 0.717) is 5.56 Å². The first-order valence-corrected chi connectivity index (χ1v) is 5.48. The summed E-state index contributed by atoms with van der Waals surface area (Å²) >= 11 is 0. The Bertz CT molecular complexity index is 393. The van der Waals surface area contributed by atoms with Gasteiger partial charge in [0.25, 0.3) is 0 Å². The number of nitrogens with one attached hydrogen (secondary N) is 1. The fraction of sp³-hybridized carbons (Fsp3) is 0.462.